The van der Waals surface area contributed by atoms with E-state index in [0.29, 0.717) is 42.1 Å². The van der Waals surface area contributed by atoms with E-state index in [1.165, 1.54) is 0 Å². The van der Waals surface area contributed by atoms with Crippen LogP contribution in [0.15, 0.2) is 18.2 Å². The number of sulfone groups is 1. The van der Waals surface area contributed by atoms with E-state index in [1.807, 2.05) is 12.1 Å². The van der Waals surface area contributed by atoms with E-state index in [4.69, 9.17) is 15.2 Å². The first kappa shape index (κ1) is 17.4. The van der Waals surface area contributed by atoms with E-state index < -0.39 is 9.84 Å². The molecule has 6 nitrogen and oxygen atoms in total. The van der Waals surface area contributed by atoms with Crippen LogP contribution >= 0.6 is 0 Å². The second-order valence-electron chi connectivity index (χ2n) is 6.65. The number of anilines is 1. The number of rotatable bonds is 4. The highest BCUT2D eigenvalue weighted by Crippen LogP contribution is 2.33. The van der Waals surface area contributed by atoms with Crippen LogP contribution in [0.25, 0.3) is 0 Å². The van der Waals surface area contributed by atoms with Crippen molar-refractivity contribution < 1.29 is 17.9 Å². The lowest BCUT2D eigenvalue weighted by Crippen LogP contribution is -2.48. The summed E-state index contributed by atoms with van der Waals surface area (Å²) in [4.78, 5) is 2.33. The zero-order valence-corrected chi connectivity index (χ0v) is 14.9. The van der Waals surface area contributed by atoms with Crippen molar-refractivity contribution in [2.75, 3.05) is 37.4 Å². The maximum atomic E-state index is 11.6. The first-order chi connectivity index (χ1) is 11.5. The minimum absolute atomic E-state index is 0.173. The van der Waals surface area contributed by atoms with Gasteiger partial charge in [0, 0.05) is 30.9 Å². The van der Waals surface area contributed by atoms with Crippen molar-refractivity contribution in [2.45, 2.75) is 37.8 Å². The van der Waals surface area contributed by atoms with Gasteiger partial charge >= 0.3 is 0 Å². The van der Waals surface area contributed by atoms with Gasteiger partial charge in [-0.05, 0) is 37.8 Å². The molecule has 0 radical (unpaired) electrons. The Kier molecular flexibility index (Phi) is 5.20. The molecule has 2 fully saturated rings. The highest BCUT2D eigenvalue weighted by molar-refractivity contribution is 7.91. The summed E-state index contributed by atoms with van der Waals surface area (Å²) in [6.45, 7) is 1.34. The third-order valence-corrected chi connectivity index (χ3v) is 6.63. The number of ether oxygens (including phenoxy) is 2. The van der Waals surface area contributed by atoms with Crippen LogP contribution < -0.4 is 15.2 Å². The van der Waals surface area contributed by atoms with Crippen molar-refractivity contribution >= 4 is 15.5 Å². The standard InChI is InChI=1S/C17H26N2O4S/c1-22-17-12-13(18)2-7-16(17)23-15-5-3-14(4-6-15)19-8-10-24(20,21)11-9-19/h2,7,12,14-15H,3-6,8-11,18H2,1H3. The van der Waals surface area contributed by atoms with Gasteiger partial charge in [-0.25, -0.2) is 8.42 Å². The average Bonchev–Trinajstić information content (AvgIpc) is 2.57. The second kappa shape index (κ2) is 7.19. The maximum Gasteiger partial charge on any atom is 0.162 e. The highest BCUT2D eigenvalue weighted by Gasteiger charge is 2.31. The summed E-state index contributed by atoms with van der Waals surface area (Å²) in [7, 11) is -1.19. The molecule has 0 atom stereocenters. The molecule has 0 bridgehead atoms. The summed E-state index contributed by atoms with van der Waals surface area (Å²) >= 11 is 0. The number of benzene rings is 1. The number of hydrogen-bond donors (Lipinski definition) is 1. The fourth-order valence-corrected chi connectivity index (χ4v) is 4.81. The van der Waals surface area contributed by atoms with E-state index in [9.17, 15) is 8.42 Å². The fourth-order valence-electron chi connectivity index (χ4n) is 3.58. The molecule has 1 heterocycles. The predicted molar refractivity (Wildman–Crippen MR) is 94.3 cm³/mol. The quantitative estimate of drug-likeness (QED) is 0.829. The molecule has 1 aliphatic carbocycles. The predicted octanol–water partition coefficient (Wildman–Crippen LogP) is 1.70. The summed E-state index contributed by atoms with van der Waals surface area (Å²) in [6, 6.07) is 5.93. The molecule has 134 valence electrons. The van der Waals surface area contributed by atoms with E-state index in [0.717, 1.165) is 31.4 Å². The molecule has 1 aromatic carbocycles. The molecule has 1 aromatic rings. The van der Waals surface area contributed by atoms with E-state index in [1.54, 1.807) is 13.2 Å². The minimum atomic E-state index is -2.81. The molecule has 0 spiro atoms. The molecule has 1 saturated heterocycles. The van der Waals surface area contributed by atoms with Crippen LogP contribution in [0.3, 0.4) is 0 Å². The summed E-state index contributed by atoms with van der Waals surface area (Å²) in [6.07, 6.45) is 4.21. The second-order valence-corrected chi connectivity index (χ2v) is 8.95. The Morgan fingerprint density at radius 1 is 1.08 bits per heavy atom. The number of hydrogen-bond acceptors (Lipinski definition) is 6. The molecule has 3 rings (SSSR count). The van der Waals surface area contributed by atoms with E-state index in [-0.39, 0.29) is 6.10 Å². The Morgan fingerprint density at radius 2 is 1.75 bits per heavy atom. The Hall–Kier alpha value is -1.47. The van der Waals surface area contributed by atoms with Gasteiger partial charge in [-0.2, -0.15) is 0 Å². The maximum absolute atomic E-state index is 11.6. The topological polar surface area (TPSA) is 81.9 Å². The average molecular weight is 354 g/mol. The first-order valence-electron chi connectivity index (χ1n) is 8.51. The van der Waals surface area contributed by atoms with Crippen molar-refractivity contribution in [3.63, 3.8) is 0 Å². The third kappa shape index (κ3) is 4.13. The summed E-state index contributed by atoms with van der Waals surface area (Å²) in [5, 5.41) is 0. The van der Waals surface area contributed by atoms with Gasteiger partial charge in [0.2, 0.25) is 0 Å². The van der Waals surface area contributed by atoms with Gasteiger partial charge in [0.25, 0.3) is 0 Å². The van der Waals surface area contributed by atoms with E-state index in [2.05, 4.69) is 4.90 Å². The van der Waals surface area contributed by atoms with Crippen molar-refractivity contribution in [1.82, 2.24) is 4.90 Å². The monoisotopic (exact) mass is 354 g/mol. The Labute approximate surface area is 143 Å². The van der Waals surface area contributed by atoms with Gasteiger partial charge in [0.1, 0.15) is 0 Å². The molecule has 1 aliphatic heterocycles. The lowest BCUT2D eigenvalue weighted by molar-refractivity contribution is 0.0904. The molecule has 24 heavy (non-hydrogen) atoms. The zero-order valence-electron chi connectivity index (χ0n) is 14.1. The van der Waals surface area contributed by atoms with E-state index >= 15 is 0 Å². The third-order valence-electron chi connectivity index (χ3n) is 5.02. The van der Waals surface area contributed by atoms with Crippen LogP contribution in [0.4, 0.5) is 5.69 Å². The normalized spacial score (nSPS) is 27.5. The van der Waals surface area contributed by atoms with Crippen molar-refractivity contribution in [3.8, 4) is 11.5 Å². The summed E-state index contributed by atoms with van der Waals surface area (Å²) < 4.78 is 34.5. The van der Waals surface area contributed by atoms with Crippen LogP contribution in [0.2, 0.25) is 0 Å². The largest absolute Gasteiger partial charge is 0.493 e. The molecule has 2 aliphatic rings. The SMILES string of the molecule is COc1cc(N)ccc1OC1CCC(N2CCS(=O)(=O)CC2)CC1. The number of methoxy groups -OCH3 is 1. The Morgan fingerprint density at radius 3 is 2.38 bits per heavy atom. The fraction of sp³-hybridized carbons (Fsp3) is 0.647. The van der Waals surface area contributed by atoms with Gasteiger partial charge in [-0.15, -0.1) is 0 Å². The van der Waals surface area contributed by atoms with Gasteiger partial charge < -0.3 is 15.2 Å². The van der Waals surface area contributed by atoms with Crippen molar-refractivity contribution in [2.24, 2.45) is 0 Å². The van der Waals surface area contributed by atoms with Crippen LogP contribution in [-0.2, 0) is 9.84 Å². The van der Waals surface area contributed by atoms with Gasteiger partial charge in [0.15, 0.2) is 21.3 Å². The summed E-state index contributed by atoms with van der Waals surface area (Å²) in [5.74, 6) is 2.00. The lowest BCUT2D eigenvalue weighted by Gasteiger charge is -2.38. The van der Waals surface area contributed by atoms with Crippen molar-refractivity contribution in [1.29, 1.82) is 0 Å². The van der Waals surface area contributed by atoms with Crippen LogP contribution in [-0.4, -0.2) is 57.2 Å². The Balaban J connectivity index is 1.52. The van der Waals surface area contributed by atoms with Crippen LogP contribution in [0.1, 0.15) is 25.7 Å². The molecule has 0 unspecified atom stereocenters. The van der Waals surface area contributed by atoms with Gasteiger partial charge in [0.05, 0.1) is 24.7 Å². The molecule has 0 aromatic heterocycles. The number of nitrogens with two attached hydrogens (primary N) is 1. The Bertz CT molecular complexity index is 655. The smallest absolute Gasteiger partial charge is 0.162 e. The molecule has 2 N–H and O–H groups in total. The minimum Gasteiger partial charge on any atom is -0.493 e. The molecular formula is C17H26N2O4S. The lowest BCUT2D eigenvalue weighted by atomic mass is 9.91. The van der Waals surface area contributed by atoms with Gasteiger partial charge in [-0.1, -0.05) is 0 Å². The number of nitrogen functional groups attached to an aromatic ring is 1. The highest BCUT2D eigenvalue weighted by atomic mass is 32.2. The molecule has 0 amide bonds. The zero-order chi connectivity index (χ0) is 17.2. The van der Waals surface area contributed by atoms with Gasteiger partial charge in [-0.3, -0.25) is 4.90 Å². The number of nitrogens with zero attached hydrogens (tertiary/aromatic N) is 1. The molecule has 1 saturated carbocycles. The summed E-state index contributed by atoms with van der Waals surface area (Å²) in [5.41, 5.74) is 6.43. The first-order valence-corrected chi connectivity index (χ1v) is 10.3. The molecule has 7 heteroatoms. The van der Waals surface area contributed by atoms with Crippen molar-refractivity contribution in [3.05, 3.63) is 18.2 Å². The van der Waals surface area contributed by atoms with Crippen LogP contribution in [0, 0.1) is 0 Å². The molecular weight excluding hydrogens is 328 g/mol. The van der Waals surface area contributed by atoms with Crippen LogP contribution in [0.5, 0.6) is 11.5 Å².